The number of aryl methyl sites for hydroxylation is 1. The van der Waals surface area contributed by atoms with Gasteiger partial charge in [-0.1, -0.05) is 54.1 Å². The lowest BCUT2D eigenvalue weighted by molar-refractivity contribution is -0.116. The first-order valence-electron chi connectivity index (χ1n) is 8.98. The van der Waals surface area contributed by atoms with Crippen molar-refractivity contribution in [3.8, 4) is 0 Å². The Morgan fingerprint density at radius 2 is 1.54 bits per heavy atom. The second-order valence-electron chi connectivity index (χ2n) is 6.47. The Labute approximate surface area is 169 Å². The van der Waals surface area contributed by atoms with Crippen LogP contribution in [0.4, 0.5) is 11.4 Å². The van der Waals surface area contributed by atoms with Crippen LogP contribution < -0.4 is 10.6 Å². The van der Waals surface area contributed by atoms with Crippen LogP contribution in [0.5, 0.6) is 0 Å². The molecule has 0 saturated carbocycles. The van der Waals surface area contributed by atoms with Crippen molar-refractivity contribution in [3.63, 3.8) is 0 Å². The summed E-state index contributed by atoms with van der Waals surface area (Å²) in [5.41, 5.74) is 3.54. The molecule has 2 amide bonds. The molecule has 28 heavy (non-hydrogen) atoms. The number of nitrogens with one attached hydrogen (secondary N) is 2. The number of benzene rings is 3. The molecule has 4 nitrogen and oxygen atoms in total. The topological polar surface area (TPSA) is 58.2 Å². The van der Waals surface area contributed by atoms with E-state index in [1.165, 1.54) is 18.7 Å². The van der Waals surface area contributed by atoms with Crippen molar-refractivity contribution in [1.29, 1.82) is 0 Å². The van der Waals surface area contributed by atoms with Gasteiger partial charge in [0.25, 0.3) is 0 Å². The molecule has 0 aliphatic heterocycles. The van der Waals surface area contributed by atoms with E-state index in [-0.39, 0.29) is 11.8 Å². The lowest BCUT2D eigenvalue weighted by Crippen LogP contribution is -2.19. The molecule has 0 aromatic heterocycles. The smallest absolute Gasteiger partial charge is 0.242 e. The largest absolute Gasteiger partial charge is 0.326 e. The Morgan fingerprint density at radius 3 is 2.21 bits per heavy atom. The zero-order chi connectivity index (χ0) is 19.9. The van der Waals surface area contributed by atoms with Crippen LogP contribution in [0.1, 0.15) is 23.3 Å². The van der Waals surface area contributed by atoms with Crippen molar-refractivity contribution in [3.05, 3.63) is 90.0 Å². The van der Waals surface area contributed by atoms with Crippen molar-refractivity contribution in [2.45, 2.75) is 24.0 Å². The summed E-state index contributed by atoms with van der Waals surface area (Å²) < 4.78 is 0. The van der Waals surface area contributed by atoms with E-state index in [1.807, 2.05) is 85.8 Å². The first-order valence-corrected chi connectivity index (χ1v) is 9.86. The van der Waals surface area contributed by atoms with E-state index >= 15 is 0 Å². The molecule has 0 spiro atoms. The van der Waals surface area contributed by atoms with Gasteiger partial charge in [0.15, 0.2) is 0 Å². The van der Waals surface area contributed by atoms with Crippen molar-refractivity contribution < 1.29 is 9.59 Å². The highest BCUT2D eigenvalue weighted by Gasteiger charge is 2.22. The van der Waals surface area contributed by atoms with Crippen LogP contribution in [0.15, 0.2) is 83.8 Å². The Morgan fingerprint density at radius 1 is 0.821 bits per heavy atom. The van der Waals surface area contributed by atoms with Crippen molar-refractivity contribution in [2.24, 2.45) is 0 Å². The summed E-state index contributed by atoms with van der Waals surface area (Å²) in [5, 5.41) is 5.36. The molecular formula is C23H22N2O2S. The SMILES string of the molecule is CC(=O)Nc1cccc(SC(C(=O)Nc2ccc(C)cc2)c2ccccc2)c1. The van der Waals surface area contributed by atoms with Gasteiger partial charge in [0.1, 0.15) is 5.25 Å². The average molecular weight is 391 g/mol. The summed E-state index contributed by atoms with van der Waals surface area (Å²) in [5.74, 6) is -0.219. The number of carbonyl (C=O) groups excluding carboxylic acids is 2. The molecule has 2 N–H and O–H groups in total. The monoisotopic (exact) mass is 390 g/mol. The second-order valence-corrected chi connectivity index (χ2v) is 7.65. The van der Waals surface area contributed by atoms with E-state index in [1.54, 1.807) is 0 Å². The molecule has 3 aromatic rings. The standard InChI is InChI=1S/C23H22N2O2S/c1-16-11-13-19(14-12-16)25-23(27)22(18-7-4-3-5-8-18)28-21-10-6-9-20(15-21)24-17(2)26/h3-15,22H,1-2H3,(H,24,26)(H,25,27). The number of carbonyl (C=O) groups is 2. The van der Waals surface area contributed by atoms with Gasteiger partial charge in [-0.25, -0.2) is 0 Å². The quantitative estimate of drug-likeness (QED) is 0.552. The van der Waals surface area contributed by atoms with E-state index in [0.29, 0.717) is 5.69 Å². The van der Waals surface area contributed by atoms with Crippen molar-refractivity contribution >= 4 is 35.0 Å². The van der Waals surface area contributed by atoms with Crippen LogP contribution in [-0.2, 0) is 9.59 Å². The fourth-order valence-corrected chi connectivity index (χ4v) is 3.82. The summed E-state index contributed by atoms with van der Waals surface area (Å²) in [7, 11) is 0. The van der Waals surface area contributed by atoms with Gasteiger partial charge in [-0.3, -0.25) is 9.59 Å². The lowest BCUT2D eigenvalue weighted by atomic mass is 10.1. The minimum Gasteiger partial charge on any atom is -0.326 e. The lowest BCUT2D eigenvalue weighted by Gasteiger charge is -2.18. The number of hydrogen-bond donors (Lipinski definition) is 2. The zero-order valence-electron chi connectivity index (χ0n) is 15.8. The van der Waals surface area contributed by atoms with Crippen LogP contribution >= 0.6 is 11.8 Å². The normalized spacial score (nSPS) is 11.5. The van der Waals surface area contributed by atoms with Gasteiger partial charge in [0.05, 0.1) is 0 Å². The van der Waals surface area contributed by atoms with Crippen LogP contribution in [0, 0.1) is 6.92 Å². The summed E-state index contributed by atoms with van der Waals surface area (Å²) in [4.78, 5) is 25.3. The molecular weight excluding hydrogens is 368 g/mol. The molecule has 0 bridgehead atoms. The maximum absolute atomic E-state index is 13.1. The fourth-order valence-electron chi connectivity index (χ4n) is 2.73. The predicted molar refractivity (Wildman–Crippen MR) is 116 cm³/mol. The van der Waals surface area contributed by atoms with Crippen LogP contribution in [0.25, 0.3) is 0 Å². The minimum atomic E-state index is -0.421. The number of thioether (sulfide) groups is 1. The van der Waals surface area contributed by atoms with Gasteiger partial charge in [-0.05, 0) is 42.8 Å². The molecule has 0 fully saturated rings. The molecule has 3 aromatic carbocycles. The summed E-state index contributed by atoms with van der Waals surface area (Å²) in [6.07, 6.45) is 0. The Balaban J connectivity index is 1.84. The fraction of sp³-hybridized carbons (Fsp3) is 0.130. The van der Waals surface area contributed by atoms with E-state index in [4.69, 9.17) is 0 Å². The van der Waals surface area contributed by atoms with Gasteiger partial charge < -0.3 is 10.6 Å². The van der Waals surface area contributed by atoms with E-state index in [9.17, 15) is 9.59 Å². The molecule has 0 saturated heterocycles. The molecule has 0 radical (unpaired) electrons. The Bertz CT molecular complexity index is 956. The van der Waals surface area contributed by atoms with Crippen molar-refractivity contribution in [2.75, 3.05) is 10.6 Å². The highest BCUT2D eigenvalue weighted by atomic mass is 32.2. The van der Waals surface area contributed by atoms with Gasteiger partial charge in [-0.2, -0.15) is 0 Å². The zero-order valence-corrected chi connectivity index (χ0v) is 16.6. The molecule has 1 unspecified atom stereocenters. The average Bonchev–Trinajstić information content (AvgIpc) is 2.68. The van der Waals surface area contributed by atoms with E-state index in [2.05, 4.69) is 10.6 Å². The maximum Gasteiger partial charge on any atom is 0.242 e. The third-order valence-electron chi connectivity index (χ3n) is 4.07. The Kier molecular flexibility index (Phi) is 6.50. The highest BCUT2D eigenvalue weighted by Crippen LogP contribution is 2.37. The third-order valence-corrected chi connectivity index (χ3v) is 5.32. The molecule has 1 atom stereocenters. The summed E-state index contributed by atoms with van der Waals surface area (Å²) in [6, 6.07) is 24.9. The first kappa shape index (κ1) is 19.7. The molecule has 0 aliphatic carbocycles. The van der Waals surface area contributed by atoms with Gasteiger partial charge in [0, 0.05) is 23.2 Å². The van der Waals surface area contributed by atoms with Crippen LogP contribution in [0.3, 0.4) is 0 Å². The highest BCUT2D eigenvalue weighted by molar-refractivity contribution is 8.00. The molecule has 0 heterocycles. The second kappa shape index (κ2) is 9.24. The van der Waals surface area contributed by atoms with E-state index in [0.717, 1.165) is 21.7 Å². The van der Waals surface area contributed by atoms with Crippen LogP contribution in [-0.4, -0.2) is 11.8 Å². The molecule has 5 heteroatoms. The number of anilines is 2. The molecule has 0 aliphatic rings. The first-order chi connectivity index (χ1) is 13.5. The minimum absolute atomic E-state index is 0.0926. The number of rotatable bonds is 6. The van der Waals surface area contributed by atoms with Gasteiger partial charge in [-0.15, -0.1) is 11.8 Å². The Hall–Kier alpha value is -3.05. The van der Waals surface area contributed by atoms with E-state index < -0.39 is 5.25 Å². The van der Waals surface area contributed by atoms with Crippen molar-refractivity contribution in [1.82, 2.24) is 0 Å². The van der Waals surface area contributed by atoms with Crippen LogP contribution in [0.2, 0.25) is 0 Å². The van der Waals surface area contributed by atoms with Gasteiger partial charge in [0.2, 0.25) is 11.8 Å². The summed E-state index contributed by atoms with van der Waals surface area (Å²) in [6.45, 7) is 3.48. The number of hydrogen-bond acceptors (Lipinski definition) is 3. The number of amides is 2. The third kappa shape index (κ3) is 5.47. The molecule has 142 valence electrons. The predicted octanol–water partition coefficient (Wildman–Crippen LogP) is 5.43. The molecule has 3 rings (SSSR count). The summed E-state index contributed by atoms with van der Waals surface area (Å²) >= 11 is 1.45. The maximum atomic E-state index is 13.1. The van der Waals surface area contributed by atoms with Gasteiger partial charge >= 0.3 is 0 Å².